The van der Waals surface area contributed by atoms with Crippen molar-refractivity contribution in [1.29, 1.82) is 0 Å². The van der Waals surface area contributed by atoms with Gasteiger partial charge in [-0.05, 0) is 78.7 Å². The number of ether oxygens (including phenoxy) is 1. The number of para-hydroxylation sites is 1. The molecule has 10 heteroatoms. The van der Waals surface area contributed by atoms with Crippen LogP contribution < -0.4 is 15.0 Å². The molecular weight excluding hydrogens is 668 g/mol. The van der Waals surface area contributed by atoms with E-state index >= 15 is 0 Å². The number of hydroxylamine groups is 2. The first-order valence-corrected chi connectivity index (χ1v) is 19.1. The second-order valence-corrected chi connectivity index (χ2v) is 16.4. The summed E-state index contributed by atoms with van der Waals surface area (Å²) in [6.07, 6.45) is 1.24. The van der Waals surface area contributed by atoms with Gasteiger partial charge in [0.15, 0.2) is 0 Å². The highest BCUT2D eigenvalue weighted by Gasteiger charge is 2.57. The lowest BCUT2D eigenvalue weighted by Crippen LogP contribution is -2.62. The van der Waals surface area contributed by atoms with E-state index in [4.69, 9.17) is 9.57 Å². The van der Waals surface area contributed by atoms with E-state index in [9.17, 15) is 19.8 Å². The molecule has 0 aromatic heterocycles. The van der Waals surface area contributed by atoms with Crippen LogP contribution >= 0.6 is 0 Å². The number of methoxy groups -OCH3 is 1. The zero-order valence-corrected chi connectivity index (χ0v) is 32.6. The lowest BCUT2D eigenvalue weighted by atomic mass is 9.45. The first-order chi connectivity index (χ1) is 25.2. The Morgan fingerprint density at radius 3 is 2.42 bits per heavy atom. The number of aliphatic hydroxyl groups is 2. The first-order valence-electron chi connectivity index (χ1n) is 19.1. The SMILES string of the molecule is COc1c(CN2O[C@@H](CO)[C@H]([C@H](C)O)[C@H]2C(=O)N[C@H]2C[C@@H]3C[C@@H]([C@@H]2C)C3(C)C)cccc1-c1cc(C(=O)N(C)CCc2ccccc2)cc(N(C)C)c1. The minimum absolute atomic E-state index is 0.0417. The molecule has 1 heterocycles. The smallest absolute Gasteiger partial charge is 0.253 e. The zero-order chi connectivity index (χ0) is 38.2. The maximum atomic E-state index is 14.2. The van der Waals surface area contributed by atoms with Crippen LogP contribution in [0.5, 0.6) is 5.75 Å². The van der Waals surface area contributed by atoms with Crippen LogP contribution in [-0.4, -0.2) is 97.7 Å². The Hall–Kier alpha value is -3.96. The molecule has 286 valence electrons. The molecule has 7 rings (SSSR count). The minimum atomic E-state index is -0.896. The second kappa shape index (κ2) is 15.8. The van der Waals surface area contributed by atoms with Crippen molar-refractivity contribution < 1.29 is 29.4 Å². The van der Waals surface area contributed by atoms with Crippen molar-refractivity contribution in [3.05, 3.63) is 83.4 Å². The van der Waals surface area contributed by atoms with Crippen molar-refractivity contribution in [2.75, 3.05) is 46.3 Å². The van der Waals surface area contributed by atoms with Gasteiger partial charge in [0, 0.05) is 62.0 Å². The fraction of sp³-hybridized carbons (Fsp3) is 0.535. The second-order valence-electron chi connectivity index (χ2n) is 16.4. The molecule has 2 bridgehead atoms. The molecule has 3 N–H and O–H groups in total. The van der Waals surface area contributed by atoms with E-state index in [1.807, 2.05) is 80.6 Å². The number of rotatable bonds is 13. The molecule has 3 aromatic carbocycles. The Morgan fingerprint density at radius 2 is 1.79 bits per heavy atom. The predicted molar refractivity (Wildman–Crippen MR) is 207 cm³/mol. The van der Waals surface area contributed by atoms with Crippen molar-refractivity contribution in [3.63, 3.8) is 0 Å². The Morgan fingerprint density at radius 1 is 1.06 bits per heavy atom. The van der Waals surface area contributed by atoms with Gasteiger partial charge in [0.25, 0.3) is 5.91 Å². The van der Waals surface area contributed by atoms with Crippen molar-refractivity contribution in [1.82, 2.24) is 15.3 Å². The average molecular weight is 727 g/mol. The predicted octanol–water partition coefficient (Wildman–Crippen LogP) is 5.40. The molecule has 3 aromatic rings. The normalized spacial score (nSPS) is 26.7. The third kappa shape index (κ3) is 7.69. The summed E-state index contributed by atoms with van der Waals surface area (Å²) < 4.78 is 6.08. The fourth-order valence-corrected chi connectivity index (χ4v) is 9.24. The van der Waals surface area contributed by atoms with Crippen LogP contribution in [0.15, 0.2) is 66.7 Å². The van der Waals surface area contributed by atoms with Crippen molar-refractivity contribution in [2.45, 2.75) is 77.8 Å². The molecule has 53 heavy (non-hydrogen) atoms. The molecule has 3 aliphatic carbocycles. The molecule has 1 aliphatic heterocycles. The Balaban J connectivity index is 1.27. The first kappa shape index (κ1) is 38.8. The summed E-state index contributed by atoms with van der Waals surface area (Å²) >= 11 is 0. The molecule has 8 atom stereocenters. The topological polar surface area (TPSA) is 115 Å². The number of anilines is 1. The van der Waals surface area contributed by atoms with Crippen LogP contribution in [0.1, 0.15) is 62.0 Å². The van der Waals surface area contributed by atoms with E-state index in [1.54, 1.807) is 24.0 Å². The van der Waals surface area contributed by atoms with Crippen molar-refractivity contribution in [2.24, 2.45) is 29.1 Å². The van der Waals surface area contributed by atoms with E-state index < -0.39 is 24.2 Å². The summed E-state index contributed by atoms with van der Waals surface area (Å²) in [5.41, 5.74) is 5.27. The third-order valence-corrected chi connectivity index (χ3v) is 12.6. The standard InChI is InChI=1S/C43H58N4O6/c1-26-35-22-32(43(35,3)4)23-36(26)44-41(50)39-38(27(2)49)37(25-48)53-47(39)24-29-15-12-16-34(40(29)52-8)30-19-31(21-33(20-30)45(5)6)42(51)46(7)18-17-28-13-10-9-11-14-28/h9-16,19-21,26-27,32,35-39,48-49H,17-18,22-25H2,1-8H3,(H,44,50)/t26-,27-,32-,35-,36-,37-,38-,39-/m0/s1. The third-order valence-electron chi connectivity index (χ3n) is 12.6. The fourth-order valence-electron chi connectivity index (χ4n) is 9.24. The van der Waals surface area contributed by atoms with Gasteiger partial charge in [-0.15, -0.1) is 0 Å². The van der Waals surface area contributed by atoms with Crippen LogP contribution in [-0.2, 0) is 22.6 Å². The summed E-state index contributed by atoms with van der Waals surface area (Å²) in [6, 6.07) is 21.0. The number of likely N-dealkylation sites (N-methyl/N-ethyl adjacent to an activating group) is 1. The maximum absolute atomic E-state index is 14.2. The summed E-state index contributed by atoms with van der Waals surface area (Å²) in [7, 11) is 7.34. The van der Waals surface area contributed by atoms with Crippen LogP contribution in [0.4, 0.5) is 5.69 Å². The highest BCUT2D eigenvalue weighted by molar-refractivity contribution is 5.97. The van der Waals surface area contributed by atoms with E-state index in [1.165, 1.54) is 12.0 Å². The zero-order valence-electron chi connectivity index (χ0n) is 32.6. The monoisotopic (exact) mass is 726 g/mol. The number of carbonyl (C=O) groups excluding carboxylic acids is 2. The molecule has 0 spiro atoms. The quantitative estimate of drug-likeness (QED) is 0.215. The van der Waals surface area contributed by atoms with Crippen LogP contribution in [0.2, 0.25) is 0 Å². The van der Waals surface area contributed by atoms with E-state index in [0.717, 1.165) is 35.2 Å². The van der Waals surface area contributed by atoms with Gasteiger partial charge in [0.2, 0.25) is 5.91 Å². The van der Waals surface area contributed by atoms with Gasteiger partial charge >= 0.3 is 0 Å². The van der Waals surface area contributed by atoms with Gasteiger partial charge in [0.05, 0.1) is 26.4 Å². The maximum Gasteiger partial charge on any atom is 0.253 e. The molecule has 1 saturated heterocycles. The van der Waals surface area contributed by atoms with E-state index in [0.29, 0.717) is 35.6 Å². The largest absolute Gasteiger partial charge is 0.496 e. The van der Waals surface area contributed by atoms with Gasteiger partial charge in [-0.25, -0.2) is 0 Å². The molecule has 4 aliphatic rings. The molecular formula is C43H58N4O6. The van der Waals surface area contributed by atoms with Crippen molar-refractivity contribution >= 4 is 17.5 Å². The Labute approximate surface area is 315 Å². The number of hydrogen-bond acceptors (Lipinski definition) is 8. The summed E-state index contributed by atoms with van der Waals surface area (Å²) in [6.45, 7) is 8.98. The lowest BCUT2D eigenvalue weighted by Gasteiger charge is -2.62. The number of benzene rings is 3. The molecule has 3 saturated carbocycles. The molecule has 2 amide bonds. The highest BCUT2D eigenvalue weighted by atomic mass is 16.7. The average Bonchev–Trinajstić information content (AvgIpc) is 3.52. The molecule has 0 radical (unpaired) electrons. The van der Waals surface area contributed by atoms with Gasteiger partial charge < -0.3 is 30.1 Å². The molecule has 0 unspecified atom stereocenters. The van der Waals surface area contributed by atoms with Gasteiger partial charge in [0.1, 0.15) is 17.9 Å². The number of amides is 2. The summed E-state index contributed by atoms with van der Waals surface area (Å²) in [4.78, 5) is 38.1. The lowest BCUT2D eigenvalue weighted by molar-refractivity contribution is -0.183. The highest BCUT2D eigenvalue weighted by Crippen LogP contribution is 2.61. The minimum Gasteiger partial charge on any atom is -0.496 e. The van der Waals surface area contributed by atoms with Crippen LogP contribution in [0.3, 0.4) is 0 Å². The van der Waals surface area contributed by atoms with Crippen LogP contribution in [0, 0.1) is 29.1 Å². The van der Waals surface area contributed by atoms with Gasteiger partial charge in [-0.3, -0.25) is 14.4 Å². The number of fused-ring (bicyclic) bond motifs is 2. The summed E-state index contributed by atoms with van der Waals surface area (Å²) in [5, 5.41) is 26.3. The number of nitrogens with one attached hydrogen (secondary N) is 1. The number of hydrogen-bond donors (Lipinski definition) is 3. The number of carbonyl (C=O) groups is 2. The summed E-state index contributed by atoms with van der Waals surface area (Å²) in [5.74, 6) is 1.15. The van der Waals surface area contributed by atoms with E-state index in [2.05, 4.69) is 38.2 Å². The Kier molecular flexibility index (Phi) is 11.5. The van der Waals surface area contributed by atoms with E-state index in [-0.39, 0.29) is 36.4 Å². The van der Waals surface area contributed by atoms with Crippen LogP contribution in [0.25, 0.3) is 11.1 Å². The van der Waals surface area contributed by atoms with Gasteiger partial charge in [-0.1, -0.05) is 69.3 Å². The molecule has 10 nitrogen and oxygen atoms in total. The van der Waals surface area contributed by atoms with Gasteiger partial charge in [-0.2, -0.15) is 5.06 Å². The molecule has 4 fully saturated rings. The van der Waals surface area contributed by atoms with Crippen molar-refractivity contribution in [3.8, 4) is 16.9 Å². The number of aliphatic hydroxyl groups excluding tert-OH is 2. The number of nitrogens with zero attached hydrogens (tertiary/aromatic N) is 3. The Bertz CT molecular complexity index is 1760.